The van der Waals surface area contributed by atoms with Crippen LogP contribution in [0, 0.1) is 5.82 Å². The fraction of sp³-hybridized carbons (Fsp3) is 0.400. The van der Waals surface area contributed by atoms with E-state index in [0.29, 0.717) is 0 Å². The minimum absolute atomic E-state index is 0.183. The summed E-state index contributed by atoms with van der Waals surface area (Å²) in [5.41, 5.74) is 0.943. The molecule has 1 fully saturated rings. The molecule has 2 N–H and O–H groups in total. The van der Waals surface area contributed by atoms with Gasteiger partial charge < -0.3 is 4.90 Å². The van der Waals surface area contributed by atoms with Crippen LogP contribution in [0.4, 0.5) is 10.1 Å². The van der Waals surface area contributed by atoms with Gasteiger partial charge in [0.05, 0.1) is 0 Å². The van der Waals surface area contributed by atoms with Crippen LogP contribution in [0.3, 0.4) is 0 Å². The minimum Gasteiger partial charge on any atom is -0.369 e. The zero-order chi connectivity index (χ0) is 9.97. The maximum absolute atomic E-state index is 12.9. The lowest BCUT2D eigenvalue weighted by Gasteiger charge is -2.33. The maximum atomic E-state index is 12.9. The van der Waals surface area contributed by atoms with E-state index in [2.05, 4.69) is 4.90 Å². The van der Waals surface area contributed by atoms with Crippen molar-refractivity contribution in [2.45, 2.75) is 0 Å². The number of rotatable bonds is 1. The summed E-state index contributed by atoms with van der Waals surface area (Å²) in [4.78, 5) is 2.15. The van der Waals surface area contributed by atoms with Gasteiger partial charge in [0.15, 0.2) is 0 Å². The molecule has 4 heteroatoms. The fourth-order valence-electron chi connectivity index (χ4n) is 1.65. The number of halogens is 1. The van der Waals surface area contributed by atoms with Gasteiger partial charge in [0.2, 0.25) is 0 Å². The van der Waals surface area contributed by atoms with E-state index in [0.717, 1.165) is 31.9 Å². The highest BCUT2D eigenvalue weighted by molar-refractivity contribution is 5.46. The van der Waals surface area contributed by atoms with E-state index in [9.17, 15) is 4.39 Å². The summed E-state index contributed by atoms with van der Waals surface area (Å²) in [7, 11) is 0. The summed E-state index contributed by atoms with van der Waals surface area (Å²) in [6.07, 6.45) is 0. The highest BCUT2D eigenvalue weighted by Gasteiger charge is 2.14. The van der Waals surface area contributed by atoms with E-state index in [-0.39, 0.29) is 5.82 Å². The minimum atomic E-state index is -0.183. The number of anilines is 1. The molecule has 0 amide bonds. The molecular weight excluding hydrogens is 181 g/mol. The Kier molecular flexibility index (Phi) is 2.65. The Morgan fingerprint density at radius 3 is 2.50 bits per heavy atom. The van der Waals surface area contributed by atoms with Gasteiger partial charge in [0, 0.05) is 31.9 Å². The second kappa shape index (κ2) is 3.94. The van der Waals surface area contributed by atoms with Crippen molar-refractivity contribution in [3.05, 3.63) is 30.1 Å². The van der Waals surface area contributed by atoms with Gasteiger partial charge in [-0.15, -0.1) is 0 Å². The molecule has 0 unspecified atom stereocenters. The van der Waals surface area contributed by atoms with E-state index >= 15 is 0 Å². The molecule has 1 aromatic carbocycles. The standard InChI is InChI=1S/C10H14FN3/c11-9-2-1-3-10(8-9)13-4-6-14(12)7-5-13/h1-3,8H,4-7,12H2. The molecular formula is C10H14FN3. The molecule has 0 aliphatic carbocycles. The molecule has 76 valence electrons. The lowest BCUT2D eigenvalue weighted by atomic mass is 10.2. The molecule has 0 saturated carbocycles. The average molecular weight is 195 g/mol. The zero-order valence-electron chi connectivity index (χ0n) is 7.99. The average Bonchev–Trinajstić information content (AvgIpc) is 2.19. The lowest BCUT2D eigenvalue weighted by molar-refractivity contribution is 0.266. The molecule has 1 saturated heterocycles. The van der Waals surface area contributed by atoms with E-state index in [1.165, 1.54) is 6.07 Å². The van der Waals surface area contributed by atoms with E-state index in [4.69, 9.17) is 5.84 Å². The van der Waals surface area contributed by atoms with Crippen LogP contribution < -0.4 is 10.7 Å². The van der Waals surface area contributed by atoms with Crippen LogP contribution in [-0.2, 0) is 0 Å². The maximum Gasteiger partial charge on any atom is 0.125 e. The monoisotopic (exact) mass is 195 g/mol. The molecule has 1 aliphatic heterocycles. The van der Waals surface area contributed by atoms with Crippen LogP contribution >= 0.6 is 0 Å². The Labute approximate surface area is 82.9 Å². The number of hydrogen-bond donors (Lipinski definition) is 1. The van der Waals surface area contributed by atoms with Crippen LogP contribution in [0.5, 0.6) is 0 Å². The van der Waals surface area contributed by atoms with Crippen molar-refractivity contribution in [1.82, 2.24) is 5.01 Å². The Morgan fingerprint density at radius 2 is 1.86 bits per heavy atom. The van der Waals surface area contributed by atoms with Crippen LogP contribution in [0.25, 0.3) is 0 Å². The summed E-state index contributed by atoms with van der Waals surface area (Å²) in [6.45, 7) is 3.38. The first kappa shape index (κ1) is 9.43. The first-order valence-corrected chi connectivity index (χ1v) is 4.76. The van der Waals surface area contributed by atoms with Gasteiger partial charge >= 0.3 is 0 Å². The molecule has 0 spiro atoms. The van der Waals surface area contributed by atoms with Gasteiger partial charge in [-0.1, -0.05) is 6.07 Å². The number of benzene rings is 1. The second-order valence-electron chi connectivity index (χ2n) is 3.50. The highest BCUT2D eigenvalue weighted by Crippen LogP contribution is 2.16. The normalized spacial score (nSPS) is 18.6. The topological polar surface area (TPSA) is 32.5 Å². The Balaban J connectivity index is 2.08. The summed E-state index contributed by atoms with van der Waals surface area (Å²) in [5, 5.41) is 1.79. The quantitative estimate of drug-likeness (QED) is 0.673. The third-order valence-corrected chi connectivity index (χ3v) is 2.49. The number of hydrogen-bond acceptors (Lipinski definition) is 3. The van der Waals surface area contributed by atoms with Crippen LogP contribution in [0.1, 0.15) is 0 Å². The van der Waals surface area contributed by atoms with Gasteiger partial charge in [0.1, 0.15) is 5.82 Å². The highest BCUT2D eigenvalue weighted by atomic mass is 19.1. The molecule has 0 radical (unpaired) electrons. The van der Waals surface area contributed by atoms with Crippen molar-refractivity contribution in [1.29, 1.82) is 0 Å². The Morgan fingerprint density at radius 1 is 1.14 bits per heavy atom. The molecule has 0 aromatic heterocycles. The van der Waals surface area contributed by atoms with Gasteiger partial charge in [-0.05, 0) is 18.2 Å². The molecule has 0 atom stereocenters. The molecule has 0 bridgehead atoms. The number of hydrazine groups is 1. The number of piperazine rings is 1. The van der Waals surface area contributed by atoms with Gasteiger partial charge in [-0.25, -0.2) is 9.40 Å². The van der Waals surface area contributed by atoms with Crippen molar-refractivity contribution >= 4 is 5.69 Å². The van der Waals surface area contributed by atoms with E-state index in [1.54, 1.807) is 17.1 Å². The third-order valence-electron chi connectivity index (χ3n) is 2.49. The van der Waals surface area contributed by atoms with Crippen LogP contribution in [-0.4, -0.2) is 31.2 Å². The summed E-state index contributed by atoms with van der Waals surface area (Å²) in [5.74, 6) is 5.45. The summed E-state index contributed by atoms with van der Waals surface area (Å²) < 4.78 is 12.9. The van der Waals surface area contributed by atoms with Crippen molar-refractivity contribution in [2.75, 3.05) is 31.1 Å². The number of nitrogens with zero attached hydrogens (tertiary/aromatic N) is 2. The van der Waals surface area contributed by atoms with E-state index in [1.807, 2.05) is 6.07 Å². The largest absolute Gasteiger partial charge is 0.369 e. The van der Waals surface area contributed by atoms with Crippen LogP contribution in [0.15, 0.2) is 24.3 Å². The van der Waals surface area contributed by atoms with E-state index < -0.39 is 0 Å². The first-order valence-electron chi connectivity index (χ1n) is 4.76. The first-order chi connectivity index (χ1) is 6.75. The Bertz CT molecular complexity index is 308. The van der Waals surface area contributed by atoms with Crippen molar-refractivity contribution in [3.63, 3.8) is 0 Å². The molecule has 1 heterocycles. The molecule has 3 nitrogen and oxygen atoms in total. The second-order valence-corrected chi connectivity index (χ2v) is 3.50. The summed E-state index contributed by atoms with van der Waals surface area (Å²) in [6, 6.07) is 6.68. The summed E-state index contributed by atoms with van der Waals surface area (Å²) >= 11 is 0. The van der Waals surface area contributed by atoms with Crippen molar-refractivity contribution in [2.24, 2.45) is 5.84 Å². The fourth-order valence-corrected chi connectivity index (χ4v) is 1.65. The predicted octanol–water partition coefficient (Wildman–Crippen LogP) is 0.821. The Hall–Kier alpha value is -1.13. The lowest BCUT2D eigenvalue weighted by Crippen LogP contribution is -2.49. The number of nitrogens with two attached hydrogens (primary N) is 1. The molecule has 14 heavy (non-hydrogen) atoms. The SMILES string of the molecule is NN1CCN(c2cccc(F)c2)CC1. The van der Waals surface area contributed by atoms with Gasteiger partial charge in [0.25, 0.3) is 0 Å². The van der Waals surface area contributed by atoms with Gasteiger partial charge in [-0.2, -0.15) is 0 Å². The van der Waals surface area contributed by atoms with Crippen molar-refractivity contribution < 1.29 is 4.39 Å². The predicted molar refractivity (Wildman–Crippen MR) is 54.4 cm³/mol. The van der Waals surface area contributed by atoms with Crippen molar-refractivity contribution in [3.8, 4) is 0 Å². The van der Waals surface area contributed by atoms with Gasteiger partial charge in [-0.3, -0.25) is 5.84 Å². The third kappa shape index (κ3) is 2.02. The van der Waals surface area contributed by atoms with Crippen LogP contribution in [0.2, 0.25) is 0 Å². The molecule has 1 aliphatic rings. The molecule has 2 rings (SSSR count). The molecule has 1 aromatic rings. The smallest absolute Gasteiger partial charge is 0.125 e. The zero-order valence-corrected chi connectivity index (χ0v) is 7.99.